The molecule has 2 heteroatoms. The summed E-state index contributed by atoms with van der Waals surface area (Å²) in [5.74, 6) is 0.989. The third-order valence-electron chi connectivity index (χ3n) is 1.99. The Morgan fingerprint density at radius 1 is 1.31 bits per heavy atom. The van der Waals surface area contributed by atoms with Crippen LogP contribution >= 0.6 is 11.8 Å². The Bertz CT molecular complexity index is 281. The van der Waals surface area contributed by atoms with E-state index in [1.54, 1.807) is 0 Å². The summed E-state index contributed by atoms with van der Waals surface area (Å²) < 4.78 is 0. The number of rotatable bonds is 3. The van der Waals surface area contributed by atoms with Gasteiger partial charge in [0.15, 0.2) is 0 Å². The Balaban J connectivity index is 2.63. The number of nitrogens with two attached hydrogens (primary N) is 1. The Labute approximate surface area is 84.7 Å². The molecule has 1 nitrogen and oxygen atoms in total. The van der Waals surface area contributed by atoms with Gasteiger partial charge in [0.1, 0.15) is 0 Å². The Kier molecular flexibility index (Phi) is 3.82. The molecule has 0 aliphatic rings. The lowest BCUT2D eigenvalue weighted by atomic mass is 10.1. The van der Waals surface area contributed by atoms with Crippen LogP contribution in [0.4, 0.5) is 0 Å². The zero-order valence-electron chi connectivity index (χ0n) is 8.50. The Morgan fingerprint density at radius 3 is 2.54 bits per heavy atom. The molecule has 0 saturated carbocycles. The minimum atomic E-state index is 0.270. The molecule has 0 aliphatic heterocycles. The largest absolute Gasteiger partial charge is 0.327 e. The van der Waals surface area contributed by atoms with Gasteiger partial charge in [-0.05, 0) is 44.0 Å². The molecule has 0 radical (unpaired) electrons. The molecule has 0 aromatic heterocycles. The average molecular weight is 195 g/mol. The second-order valence-corrected chi connectivity index (χ2v) is 4.63. The van der Waals surface area contributed by atoms with E-state index in [-0.39, 0.29) is 6.04 Å². The predicted molar refractivity (Wildman–Crippen MR) is 60.3 cm³/mol. The molecular weight excluding hydrogens is 178 g/mol. The topological polar surface area (TPSA) is 26.0 Å². The van der Waals surface area contributed by atoms with Crippen LogP contribution in [-0.4, -0.2) is 11.8 Å². The summed E-state index contributed by atoms with van der Waals surface area (Å²) in [6, 6.07) is 6.82. The van der Waals surface area contributed by atoms with Crippen LogP contribution in [0.25, 0.3) is 0 Å². The highest BCUT2D eigenvalue weighted by Gasteiger charge is 1.99. The highest BCUT2D eigenvalue weighted by Crippen LogP contribution is 2.21. The molecule has 1 aromatic rings. The van der Waals surface area contributed by atoms with Gasteiger partial charge in [-0.1, -0.05) is 6.07 Å². The monoisotopic (exact) mass is 195 g/mol. The first-order valence-electron chi connectivity index (χ1n) is 4.55. The summed E-state index contributed by atoms with van der Waals surface area (Å²) >= 11 is 1.83. The van der Waals surface area contributed by atoms with Crippen LogP contribution in [0.2, 0.25) is 0 Å². The maximum atomic E-state index is 5.69. The smallest absolute Gasteiger partial charge is 0.0129 e. The summed E-state index contributed by atoms with van der Waals surface area (Å²) in [4.78, 5) is 1.32. The van der Waals surface area contributed by atoms with Gasteiger partial charge in [-0.15, -0.1) is 11.8 Å². The lowest BCUT2D eigenvalue weighted by Crippen LogP contribution is -2.17. The third-order valence-corrected chi connectivity index (χ3v) is 3.27. The molecular formula is C11H17NS. The van der Waals surface area contributed by atoms with Gasteiger partial charge in [0.05, 0.1) is 0 Å². The van der Waals surface area contributed by atoms with Crippen LogP contribution in [0.3, 0.4) is 0 Å². The number of hydrogen-bond donors (Lipinski definition) is 1. The summed E-state index contributed by atoms with van der Waals surface area (Å²) in [5, 5.41) is 0. The molecule has 0 saturated heterocycles. The van der Waals surface area contributed by atoms with Crippen LogP contribution in [0.1, 0.15) is 18.1 Å². The number of benzene rings is 1. The van der Waals surface area contributed by atoms with Gasteiger partial charge in [-0.25, -0.2) is 0 Å². The normalized spacial score (nSPS) is 12.9. The van der Waals surface area contributed by atoms with E-state index in [9.17, 15) is 0 Å². The summed E-state index contributed by atoms with van der Waals surface area (Å²) in [5.41, 5.74) is 8.40. The van der Waals surface area contributed by atoms with Crippen LogP contribution in [0.15, 0.2) is 23.1 Å². The average Bonchev–Trinajstić information content (AvgIpc) is 2.07. The highest BCUT2D eigenvalue weighted by atomic mass is 32.2. The molecule has 13 heavy (non-hydrogen) atoms. The van der Waals surface area contributed by atoms with E-state index < -0.39 is 0 Å². The molecule has 0 aliphatic carbocycles. The molecule has 0 spiro atoms. The van der Waals surface area contributed by atoms with E-state index in [1.807, 2.05) is 18.7 Å². The van der Waals surface area contributed by atoms with Crippen molar-refractivity contribution in [1.82, 2.24) is 0 Å². The zero-order valence-corrected chi connectivity index (χ0v) is 9.32. The fourth-order valence-corrected chi connectivity index (χ4v) is 1.91. The quantitative estimate of drug-likeness (QED) is 0.750. The number of thioether (sulfide) groups is 1. The lowest BCUT2D eigenvalue weighted by Gasteiger charge is -2.06. The van der Waals surface area contributed by atoms with Crippen molar-refractivity contribution in [3.05, 3.63) is 29.3 Å². The van der Waals surface area contributed by atoms with Gasteiger partial charge in [-0.3, -0.25) is 0 Å². The van der Waals surface area contributed by atoms with Crippen molar-refractivity contribution in [3.63, 3.8) is 0 Å². The van der Waals surface area contributed by atoms with Crippen molar-refractivity contribution in [2.45, 2.75) is 31.7 Å². The van der Waals surface area contributed by atoms with Gasteiger partial charge in [-0.2, -0.15) is 0 Å². The third kappa shape index (κ3) is 3.41. The Morgan fingerprint density at radius 2 is 2.00 bits per heavy atom. The SMILES string of the molecule is Cc1ccc(SC[C@@H](C)N)cc1C. The fourth-order valence-electron chi connectivity index (χ4n) is 1.03. The maximum absolute atomic E-state index is 5.69. The maximum Gasteiger partial charge on any atom is 0.0129 e. The van der Waals surface area contributed by atoms with Gasteiger partial charge in [0, 0.05) is 16.7 Å². The molecule has 0 unspecified atom stereocenters. The van der Waals surface area contributed by atoms with Crippen molar-refractivity contribution in [3.8, 4) is 0 Å². The minimum Gasteiger partial charge on any atom is -0.327 e. The molecule has 1 rings (SSSR count). The van der Waals surface area contributed by atoms with E-state index in [0.717, 1.165) is 5.75 Å². The first-order chi connectivity index (χ1) is 6.09. The van der Waals surface area contributed by atoms with Gasteiger partial charge < -0.3 is 5.73 Å². The van der Waals surface area contributed by atoms with E-state index in [2.05, 4.69) is 32.0 Å². The molecule has 2 N–H and O–H groups in total. The summed E-state index contributed by atoms with van der Waals surface area (Å²) in [6.45, 7) is 6.31. The van der Waals surface area contributed by atoms with Gasteiger partial charge in [0.2, 0.25) is 0 Å². The predicted octanol–water partition coefficient (Wildman–Crippen LogP) is 2.74. The van der Waals surface area contributed by atoms with E-state index in [0.29, 0.717) is 0 Å². The van der Waals surface area contributed by atoms with Crippen molar-refractivity contribution in [1.29, 1.82) is 0 Å². The lowest BCUT2D eigenvalue weighted by molar-refractivity contribution is 0.847. The molecule has 72 valence electrons. The second-order valence-electron chi connectivity index (χ2n) is 3.53. The van der Waals surface area contributed by atoms with Crippen LogP contribution in [0, 0.1) is 13.8 Å². The number of hydrogen-bond acceptors (Lipinski definition) is 2. The first kappa shape index (κ1) is 10.6. The van der Waals surface area contributed by atoms with Crippen molar-refractivity contribution >= 4 is 11.8 Å². The van der Waals surface area contributed by atoms with E-state index in [1.165, 1.54) is 16.0 Å². The molecule has 0 amide bonds. The summed E-state index contributed by atoms with van der Waals surface area (Å²) in [6.07, 6.45) is 0. The highest BCUT2D eigenvalue weighted by molar-refractivity contribution is 7.99. The van der Waals surface area contributed by atoms with Gasteiger partial charge >= 0.3 is 0 Å². The van der Waals surface area contributed by atoms with E-state index in [4.69, 9.17) is 5.73 Å². The first-order valence-corrected chi connectivity index (χ1v) is 5.54. The fraction of sp³-hybridized carbons (Fsp3) is 0.455. The van der Waals surface area contributed by atoms with Crippen LogP contribution < -0.4 is 5.73 Å². The van der Waals surface area contributed by atoms with Crippen molar-refractivity contribution in [2.24, 2.45) is 5.73 Å². The summed E-state index contributed by atoms with van der Waals surface area (Å²) in [7, 11) is 0. The minimum absolute atomic E-state index is 0.270. The second kappa shape index (κ2) is 4.68. The molecule has 0 bridgehead atoms. The van der Waals surface area contributed by atoms with Crippen molar-refractivity contribution in [2.75, 3.05) is 5.75 Å². The van der Waals surface area contributed by atoms with Crippen LogP contribution in [0.5, 0.6) is 0 Å². The van der Waals surface area contributed by atoms with Gasteiger partial charge in [0.25, 0.3) is 0 Å². The molecule has 1 aromatic carbocycles. The molecule has 1 atom stereocenters. The Hall–Kier alpha value is -0.470. The standard InChI is InChI=1S/C11H17NS/c1-8-4-5-11(6-9(8)2)13-7-10(3)12/h4-6,10H,7,12H2,1-3H3/t10-/m1/s1. The molecule has 0 fully saturated rings. The number of aryl methyl sites for hydroxylation is 2. The zero-order chi connectivity index (χ0) is 9.84. The van der Waals surface area contributed by atoms with E-state index >= 15 is 0 Å². The molecule has 0 heterocycles. The van der Waals surface area contributed by atoms with Crippen molar-refractivity contribution < 1.29 is 0 Å². The van der Waals surface area contributed by atoms with Crippen LogP contribution in [-0.2, 0) is 0 Å².